The Balaban J connectivity index is 1.27. The maximum absolute atomic E-state index is 6.55. The largest absolute Gasteiger partial charge is 0.491 e. The first-order valence-corrected chi connectivity index (χ1v) is 12.6. The van der Waals surface area contributed by atoms with E-state index >= 15 is 0 Å². The SMILES string of the molecule is CC(C)Cn1cncc1-c1ccc(OC[C@@H]2CO[C@@](Cn3ccnc3)(c3ccc(Cl)cc3Cl)O2)cc1. The van der Waals surface area contributed by atoms with E-state index in [0.29, 0.717) is 41.3 Å². The zero-order valence-electron chi connectivity index (χ0n) is 20.2. The van der Waals surface area contributed by atoms with Gasteiger partial charge in [0.1, 0.15) is 18.5 Å². The highest BCUT2D eigenvalue weighted by Crippen LogP contribution is 2.40. The number of nitrogens with zero attached hydrogens (tertiary/aromatic N) is 4. The molecule has 0 spiro atoms. The molecule has 0 unspecified atom stereocenters. The van der Waals surface area contributed by atoms with E-state index < -0.39 is 5.79 Å². The summed E-state index contributed by atoms with van der Waals surface area (Å²) in [5, 5.41) is 1.03. The maximum Gasteiger partial charge on any atom is 0.215 e. The Hall–Kier alpha value is -2.84. The Morgan fingerprint density at radius 1 is 1.11 bits per heavy atom. The monoisotopic (exact) mass is 526 g/mol. The van der Waals surface area contributed by atoms with E-state index in [0.717, 1.165) is 23.6 Å². The molecule has 7 nitrogen and oxygen atoms in total. The molecule has 4 aromatic rings. The second-order valence-corrected chi connectivity index (χ2v) is 10.2. The molecule has 0 bridgehead atoms. The minimum Gasteiger partial charge on any atom is -0.491 e. The van der Waals surface area contributed by atoms with Gasteiger partial charge in [-0.15, -0.1) is 0 Å². The number of imidazole rings is 2. The fourth-order valence-electron chi connectivity index (χ4n) is 4.39. The van der Waals surface area contributed by atoms with Gasteiger partial charge in [-0.1, -0.05) is 43.1 Å². The van der Waals surface area contributed by atoms with Crippen molar-refractivity contribution in [2.75, 3.05) is 13.2 Å². The third kappa shape index (κ3) is 5.44. The van der Waals surface area contributed by atoms with E-state index in [1.165, 1.54) is 0 Å². The summed E-state index contributed by atoms with van der Waals surface area (Å²) in [7, 11) is 0. The van der Waals surface area contributed by atoms with E-state index in [2.05, 4.69) is 28.4 Å². The molecule has 0 radical (unpaired) electrons. The predicted molar refractivity (Wildman–Crippen MR) is 139 cm³/mol. The number of benzene rings is 2. The first-order valence-electron chi connectivity index (χ1n) is 11.9. The van der Waals surface area contributed by atoms with Crippen LogP contribution < -0.4 is 4.74 Å². The predicted octanol–water partition coefficient (Wildman–Crippen LogP) is 6.06. The summed E-state index contributed by atoms with van der Waals surface area (Å²) in [5.74, 6) is 0.224. The fraction of sp³-hybridized carbons (Fsp3) is 0.333. The van der Waals surface area contributed by atoms with E-state index in [1.54, 1.807) is 24.7 Å². The number of hydrogen-bond donors (Lipinski definition) is 0. The van der Waals surface area contributed by atoms with Crippen LogP contribution in [0.4, 0.5) is 0 Å². The van der Waals surface area contributed by atoms with Gasteiger partial charge in [0.15, 0.2) is 0 Å². The molecule has 1 aliphatic heterocycles. The third-order valence-electron chi connectivity index (χ3n) is 6.01. The molecule has 5 rings (SSSR count). The smallest absolute Gasteiger partial charge is 0.215 e. The second kappa shape index (κ2) is 10.6. The van der Waals surface area contributed by atoms with Crippen LogP contribution in [0.2, 0.25) is 10.0 Å². The highest BCUT2D eigenvalue weighted by Gasteiger charge is 2.45. The minimum atomic E-state index is -1.07. The fourth-order valence-corrected chi connectivity index (χ4v) is 4.94. The van der Waals surface area contributed by atoms with Gasteiger partial charge in [0, 0.05) is 35.1 Å². The molecule has 0 N–H and O–H groups in total. The molecular weight excluding hydrogens is 499 g/mol. The quantitative estimate of drug-likeness (QED) is 0.265. The van der Waals surface area contributed by atoms with Crippen molar-refractivity contribution >= 4 is 23.2 Å². The molecule has 3 heterocycles. The van der Waals surface area contributed by atoms with Crippen LogP contribution in [0.1, 0.15) is 19.4 Å². The van der Waals surface area contributed by atoms with Crippen molar-refractivity contribution in [2.45, 2.75) is 38.8 Å². The molecule has 0 saturated carbocycles. The average molecular weight is 527 g/mol. The zero-order chi connectivity index (χ0) is 25.1. The van der Waals surface area contributed by atoms with E-state index in [1.807, 2.05) is 53.6 Å². The van der Waals surface area contributed by atoms with Crippen LogP contribution in [0.3, 0.4) is 0 Å². The summed E-state index contributed by atoms with van der Waals surface area (Å²) < 4.78 is 22.8. The molecule has 2 aromatic carbocycles. The Morgan fingerprint density at radius 2 is 1.94 bits per heavy atom. The van der Waals surface area contributed by atoms with Crippen LogP contribution in [0.15, 0.2) is 73.7 Å². The zero-order valence-corrected chi connectivity index (χ0v) is 21.7. The summed E-state index contributed by atoms with van der Waals surface area (Å²) in [4.78, 5) is 8.45. The minimum absolute atomic E-state index is 0.285. The van der Waals surface area contributed by atoms with Crippen molar-refractivity contribution in [1.29, 1.82) is 0 Å². The van der Waals surface area contributed by atoms with Crippen molar-refractivity contribution < 1.29 is 14.2 Å². The third-order valence-corrected chi connectivity index (χ3v) is 6.56. The maximum atomic E-state index is 6.55. The van der Waals surface area contributed by atoms with E-state index in [4.69, 9.17) is 37.4 Å². The standard InChI is InChI=1S/C27H28Cl2N4O3/c1-19(2)13-33-18-31-12-26(33)20-3-6-22(7-4-20)34-14-23-15-35-27(36-23,16-32-10-9-30-17-32)24-8-5-21(28)11-25(24)29/h3-12,17-19,23H,13-16H2,1-2H3/t23-,27-/m1/s1. The van der Waals surface area contributed by atoms with Gasteiger partial charge < -0.3 is 23.3 Å². The molecule has 9 heteroatoms. The van der Waals surface area contributed by atoms with E-state index in [9.17, 15) is 0 Å². The number of ether oxygens (including phenoxy) is 3. The first kappa shape index (κ1) is 24.8. The van der Waals surface area contributed by atoms with Gasteiger partial charge >= 0.3 is 0 Å². The van der Waals surface area contributed by atoms with Gasteiger partial charge in [-0.05, 0) is 42.3 Å². The summed E-state index contributed by atoms with van der Waals surface area (Å²) in [6.45, 7) is 6.40. The summed E-state index contributed by atoms with van der Waals surface area (Å²) in [5.41, 5.74) is 2.90. The van der Waals surface area contributed by atoms with Crippen molar-refractivity contribution in [3.8, 4) is 17.0 Å². The summed E-state index contributed by atoms with van der Waals surface area (Å²) >= 11 is 12.7. The van der Waals surface area contributed by atoms with Gasteiger partial charge in [0.05, 0.1) is 42.7 Å². The molecule has 0 amide bonds. The topological polar surface area (TPSA) is 63.3 Å². The van der Waals surface area contributed by atoms with Gasteiger partial charge in [-0.3, -0.25) is 0 Å². The normalized spacial score (nSPS) is 19.8. The Kier molecular flexibility index (Phi) is 7.34. The highest BCUT2D eigenvalue weighted by molar-refractivity contribution is 6.35. The van der Waals surface area contributed by atoms with E-state index in [-0.39, 0.29) is 6.10 Å². The number of halogens is 2. The molecule has 1 saturated heterocycles. The summed E-state index contributed by atoms with van der Waals surface area (Å²) in [6.07, 6.45) is 8.77. The van der Waals surface area contributed by atoms with Crippen molar-refractivity contribution in [3.05, 3.63) is 89.3 Å². The highest BCUT2D eigenvalue weighted by atomic mass is 35.5. The van der Waals surface area contributed by atoms with Crippen LogP contribution >= 0.6 is 23.2 Å². The molecule has 188 valence electrons. The second-order valence-electron chi connectivity index (χ2n) is 9.32. The average Bonchev–Trinajstić information content (AvgIpc) is 3.60. The molecule has 2 atom stereocenters. The first-order chi connectivity index (χ1) is 17.4. The van der Waals surface area contributed by atoms with Gasteiger partial charge in [0.2, 0.25) is 5.79 Å². The van der Waals surface area contributed by atoms with Crippen molar-refractivity contribution in [2.24, 2.45) is 5.92 Å². The van der Waals surface area contributed by atoms with Crippen LogP contribution in [-0.2, 0) is 28.4 Å². The van der Waals surface area contributed by atoms with Gasteiger partial charge in [-0.2, -0.15) is 0 Å². The molecule has 0 aliphatic carbocycles. The lowest BCUT2D eigenvalue weighted by atomic mass is 10.1. The lowest BCUT2D eigenvalue weighted by Gasteiger charge is -2.30. The van der Waals surface area contributed by atoms with Crippen LogP contribution in [-0.4, -0.2) is 38.4 Å². The Bertz CT molecular complexity index is 1290. The van der Waals surface area contributed by atoms with Gasteiger partial charge in [0.25, 0.3) is 0 Å². The summed E-state index contributed by atoms with van der Waals surface area (Å²) in [6, 6.07) is 13.3. The Morgan fingerprint density at radius 3 is 2.67 bits per heavy atom. The molecule has 1 fully saturated rings. The lowest BCUT2D eigenvalue weighted by molar-refractivity contribution is -0.189. The molecule has 36 heavy (non-hydrogen) atoms. The van der Waals surface area contributed by atoms with Crippen LogP contribution in [0, 0.1) is 5.92 Å². The molecular formula is C27H28Cl2N4O3. The molecule has 2 aromatic heterocycles. The molecule has 1 aliphatic rings. The van der Waals surface area contributed by atoms with Crippen LogP contribution in [0.5, 0.6) is 5.75 Å². The Labute approximate surface area is 220 Å². The lowest BCUT2D eigenvalue weighted by Crippen LogP contribution is -2.34. The number of hydrogen-bond acceptors (Lipinski definition) is 5. The number of aromatic nitrogens is 4. The number of rotatable bonds is 9. The van der Waals surface area contributed by atoms with Crippen molar-refractivity contribution in [1.82, 2.24) is 19.1 Å². The van der Waals surface area contributed by atoms with Crippen LogP contribution in [0.25, 0.3) is 11.3 Å². The van der Waals surface area contributed by atoms with Gasteiger partial charge in [-0.25, -0.2) is 9.97 Å². The van der Waals surface area contributed by atoms with Crippen molar-refractivity contribution in [3.63, 3.8) is 0 Å².